The number of carbonyl (C=O) groups is 1. The quantitative estimate of drug-likeness (QED) is 0.800. The van der Waals surface area contributed by atoms with Crippen LogP contribution in [0.3, 0.4) is 0 Å². The smallest absolute Gasteiger partial charge is 0.246 e. The van der Waals surface area contributed by atoms with Crippen molar-refractivity contribution in [1.29, 1.82) is 0 Å². The minimum atomic E-state index is -3.73. The van der Waals surface area contributed by atoms with Gasteiger partial charge in [-0.15, -0.1) is 0 Å². The third-order valence-corrected chi connectivity index (χ3v) is 5.32. The molecule has 1 aromatic rings. The van der Waals surface area contributed by atoms with Crippen molar-refractivity contribution in [2.45, 2.75) is 13.0 Å². The summed E-state index contributed by atoms with van der Waals surface area (Å²) < 4.78 is 30.7. The first-order valence-electron chi connectivity index (χ1n) is 7.03. The first-order chi connectivity index (χ1) is 10.7. The maximum atomic E-state index is 12.6. The van der Waals surface area contributed by atoms with Crippen LogP contribution in [0, 0.1) is 0 Å². The number of carbonyl (C=O) groups excluding carboxylic acids is 1. The van der Waals surface area contributed by atoms with Crippen molar-refractivity contribution in [3.63, 3.8) is 0 Å². The number of sulfonamides is 1. The molecule has 0 N–H and O–H groups in total. The molecule has 0 aromatic heterocycles. The van der Waals surface area contributed by atoms with E-state index in [1.807, 2.05) is 0 Å². The predicted molar refractivity (Wildman–Crippen MR) is 90.6 cm³/mol. The van der Waals surface area contributed by atoms with Crippen molar-refractivity contribution < 1.29 is 17.9 Å². The fourth-order valence-electron chi connectivity index (χ4n) is 2.48. The molecule has 1 saturated heterocycles. The number of ether oxygens (including phenoxy) is 1. The third-order valence-electron chi connectivity index (χ3n) is 3.53. The summed E-state index contributed by atoms with van der Waals surface area (Å²) in [6, 6.07) is 3.57. The molecule has 128 valence electrons. The Bertz CT molecular complexity index is 690. The number of morpholine rings is 1. The molecule has 9 heteroatoms. The Morgan fingerprint density at radius 3 is 2.48 bits per heavy atom. The summed E-state index contributed by atoms with van der Waals surface area (Å²) in [5.41, 5.74) is 0.191. The van der Waals surface area contributed by atoms with Crippen LogP contribution < -0.4 is 4.31 Å². The van der Waals surface area contributed by atoms with Crippen molar-refractivity contribution >= 4 is 44.8 Å². The first-order valence-corrected chi connectivity index (χ1v) is 9.63. The summed E-state index contributed by atoms with van der Waals surface area (Å²) in [6.07, 6.45) is 1.04. The number of hydrogen-bond donors (Lipinski definition) is 0. The van der Waals surface area contributed by atoms with Crippen LogP contribution in [0.1, 0.15) is 6.92 Å². The number of rotatable bonds is 4. The molecule has 0 spiro atoms. The normalized spacial score (nSPS) is 17.0. The maximum Gasteiger partial charge on any atom is 0.246 e. The fraction of sp³-hybridized carbons (Fsp3) is 0.500. The van der Waals surface area contributed by atoms with E-state index in [-0.39, 0.29) is 16.6 Å². The Hall–Kier alpha value is -1.02. The zero-order valence-electron chi connectivity index (χ0n) is 12.8. The van der Waals surface area contributed by atoms with E-state index in [1.54, 1.807) is 11.0 Å². The van der Waals surface area contributed by atoms with Gasteiger partial charge >= 0.3 is 0 Å². The topological polar surface area (TPSA) is 66.9 Å². The molecule has 0 saturated carbocycles. The van der Waals surface area contributed by atoms with Crippen molar-refractivity contribution in [3.05, 3.63) is 28.2 Å². The molecule has 1 atom stereocenters. The highest BCUT2D eigenvalue weighted by Crippen LogP contribution is 2.32. The molecule has 1 heterocycles. The Morgan fingerprint density at radius 1 is 1.30 bits per heavy atom. The first kappa shape index (κ1) is 18.3. The fourth-order valence-corrected chi connectivity index (χ4v) is 4.08. The van der Waals surface area contributed by atoms with Gasteiger partial charge in [-0.3, -0.25) is 9.10 Å². The molecule has 0 radical (unpaired) electrons. The molecule has 0 unspecified atom stereocenters. The minimum Gasteiger partial charge on any atom is -0.378 e. The summed E-state index contributed by atoms with van der Waals surface area (Å²) >= 11 is 12.1. The third kappa shape index (κ3) is 4.29. The van der Waals surface area contributed by atoms with Gasteiger partial charge in [0.15, 0.2) is 0 Å². The molecule has 2 rings (SSSR count). The van der Waals surface area contributed by atoms with Crippen molar-refractivity contribution in [1.82, 2.24) is 4.90 Å². The van der Waals surface area contributed by atoms with Crippen LogP contribution in [0.5, 0.6) is 0 Å². The largest absolute Gasteiger partial charge is 0.378 e. The van der Waals surface area contributed by atoms with Gasteiger partial charge in [0.05, 0.1) is 30.2 Å². The lowest BCUT2D eigenvalue weighted by Crippen LogP contribution is -2.52. The van der Waals surface area contributed by atoms with Gasteiger partial charge in [-0.1, -0.05) is 23.2 Å². The van der Waals surface area contributed by atoms with E-state index in [9.17, 15) is 13.2 Å². The lowest BCUT2D eigenvalue weighted by atomic mass is 10.2. The molecule has 1 aliphatic rings. The van der Waals surface area contributed by atoms with E-state index < -0.39 is 16.1 Å². The molecule has 1 aliphatic heterocycles. The standard InChI is InChI=1S/C14H18Cl2N2O4S/c1-10(14(19)17-5-7-22-8-6-17)18(23(2,20)21)13-9-11(15)3-4-12(13)16/h3-4,9-10H,5-8H2,1-2H3/t10-/m0/s1. The Labute approximate surface area is 146 Å². The second-order valence-corrected chi connectivity index (χ2v) is 7.97. The molecule has 1 amide bonds. The molecule has 0 bridgehead atoms. The number of hydrogen-bond acceptors (Lipinski definition) is 4. The van der Waals surface area contributed by atoms with Gasteiger partial charge < -0.3 is 9.64 Å². The average molecular weight is 381 g/mol. The molecular weight excluding hydrogens is 363 g/mol. The highest BCUT2D eigenvalue weighted by atomic mass is 35.5. The number of nitrogens with zero attached hydrogens (tertiary/aromatic N) is 2. The Kier molecular flexibility index (Phi) is 5.78. The maximum absolute atomic E-state index is 12.6. The van der Waals surface area contributed by atoms with Crippen LogP contribution in [-0.2, 0) is 19.6 Å². The lowest BCUT2D eigenvalue weighted by molar-refractivity contribution is -0.136. The molecular formula is C14H18Cl2N2O4S. The van der Waals surface area contributed by atoms with Gasteiger partial charge in [0.1, 0.15) is 6.04 Å². The second kappa shape index (κ2) is 7.25. The second-order valence-electron chi connectivity index (χ2n) is 5.27. The number of benzene rings is 1. The summed E-state index contributed by atoms with van der Waals surface area (Å²) in [6.45, 7) is 3.29. The summed E-state index contributed by atoms with van der Waals surface area (Å²) in [7, 11) is -3.73. The van der Waals surface area contributed by atoms with Crippen molar-refractivity contribution in [2.24, 2.45) is 0 Å². The molecule has 0 aliphatic carbocycles. The van der Waals surface area contributed by atoms with Gasteiger partial charge in [0.25, 0.3) is 0 Å². The zero-order chi connectivity index (χ0) is 17.2. The number of halogens is 2. The van der Waals surface area contributed by atoms with Crippen molar-refractivity contribution in [2.75, 3.05) is 36.9 Å². The summed E-state index contributed by atoms with van der Waals surface area (Å²) in [4.78, 5) is 14.2. The van der Waals surface area contributed by atoms with E-state index in [2.05, 4.69) is 0 Å². The van der Waals surface area contributed by atoms with Crippen LogP contribution in [0.4, 0.5) is 5.69 Å². The predicted octanol–water partition coefficient (Wildman–Crippen LogP) is 2.01. The Balaban J connectivity index is 2.39. The number of anilines is 1. The minimum absolute atomic E-state index is 0.191. The summed E-state index contributed by atoms with van der Waals surface area (Å²) in [5, 5.41) is 0.547. The van der Waals surface area contributed by atoms with E-state index in [1.165, 1.54) is 19.1 Å². The van der Waals surface area contributed by atoms with E-state index in [4.69, 9.17) is 27.9 Å². The van der Waals surface area contributed by atoms with E-state index in [0.717, 1.165) is 10.6 Å². The average Bonchev–Trinajstić information content (AvgIpc) is 2.49. The van der Waals surface area contributed by atoms with Gasteiger partial charge in [-0.2, -0.15) is 0 Å². The van der Waals surface area contributed by atoms with E-state index >= 15 is 0 Å². The zero-order valence-corrected chi connectivity index (χ0v) is 15.2. The van der Waals surface area contributed by atoms with Gasteiger partial charge in [-0.25, -0.2) is 8.42 Å². The summed E-state index contributed by atoms with van der Waals surface area (Å²) in [5.74, 6) is -0.297. The van der Waals surface area contributed by atoms with Gasteiger partial charge in [-0.05, 0) is 25.1 Å². The van der Waals surface area contributed by atoms with Crippen LogP contribution >= 0.6 is 23.2 Å². The van der Waals surface area contributed by atoms with Crippen LogP contribution in [0.15, 0.2) is 18.2 Å². The highest BCUT2D eigenvalue weighted by molar-refractivity contribution is 7.92. The highest BCUT2D eigenvalue weighted by Gasteiger charge is 2.33. The van der Waals surface area contributed by atoms with E-state index in [0.29, 0.717) is 31.3 Å². The lowest BCUT2D eigenvalue weighted by Gasteiger charge is -2.34. The van der Waals surface area contributed by atoms with Crippen LogP contribution in [0.25, 0.3) is 0 Å². The van der Waals surface area contributed by atoms with Gasteiger partial charge in [0, 0.05) is 18.1 Å². The van der Waals surface area contributed by atoms with Crippen molar-refractivity contribution in [3.8, 4) is 0 Å². The molecule has 6 nitrogen and oxygen atoms in total. The number of amides is 1. The molecule has 1 aromatic carbocycles. The molecule has 23 heavy (non-hydrogen) atoms. The molecule has 1 fully saturated rings. The Morgan fingerprint density at radius 2 is 1.91 bits per heavy atom. The SMILES string of the molecule is C[C@@H](C(=O)N1CCOCC1)N(c1cc(Cl)ccc1Cl)S(C)(=O)=O. The monoisotopic (exact) mass is 380 g/mol. The van der Waals surface area contributed by atoms with Gasteiger partial charge in [0.2, 0.25) is 15.9 Å². The van der Waals surface area contributed by atoms with Crippen LogP contribution in [0.2, 0.25) is 10.0 Å². The van der Waals surface area contributed by atoms with Crippen LogP contribution in [-0.4, -0.2) is 57.8 Å².